The lowest BCUT2D eigenvalue weighted by Crippen LogP contribution is -2.37. The Morgan fingerprint density at radius 1 is 1.00 bits per heavy atom. The number of amides is 1. The summed E-state index contributed by atoms with van der Waals surface area (Å²) in [5.41, 5.74) is 1.43. The molecule has 0 aliphatic carbocycles. The van der Waals surface area contributed by atoms with Crippen molar-refractivity contribution in [2.75, 3.05) is 37.9 Å². The highest BCUT2D eigenvalue weighted by Crippen LogP contribution is 2.24. The van der Waals surface area contributed by atoms with Crippen molar-refractivity contribution >= 4 is 27.5 Å². The minimum Gasteiger partial charge on any atom is -0.495 e. The van der Waals surface area contributed by atoms with E-state index in [4.69, 9.17) is 4.74 Å². The van der Waals surface area contributed by atoms with Crippen molar-refractivity contribution in [3.8, 4) is 5.75 Å². The van der Waals surface area contributed by atoms with Crippen LogP contribution in [-0.2, 0) is 10.2 Å². The van der Waals surface area contributed by atoms with Gasteiger partial charge in [0, 0.05) is 26.7 Å². The van der Waals surface area contributed by atoms with Gasteiger partial charge in [0.1, 0.15) is 5.75 Å². The fourth-order valence-electron chi connectivity index (χ4n) is 2.14. The first kappa shape index (κ1) is 18.8. The van der Waals surface area contributed by atoms with Gasteiger partial charge in [-0.3, -0.25) is 9.10 Å². The van der Waals surface area contributed by atoms with Crippen molar-refractivity contribution in [3.05, 3.63) is 54.1 Å². The summed E-state index contributed by atoms with van der Waals surface area (Å²) in [6, 6.07) is 13.4. The van der Waals surface area contributed by atoms with E-state index in [2.05, 4.69) is 5.32 Å². The smallest absolute Gasteiger partial charge is 0.303 e. The minimum atomic E-state index is -3.57. The van der Waals surface area contributed by atoms with Crippen LogP contribution in [0.3, 0.4) is 0 Å². The van der Waals surface area contributed by atoms with Gasteiger partial charge in [-0.1, -0.05) is 12.1 Å². The Balaban J connectivity index is 2.18. The number of hydrogen-bond acceptors (Lipinski definition) is 4. The second-order valence-corrected chi connectivity index (χ2v) is 7.63. The van der Waals surface area contributed by atoms with Crippen LogP contribution in [0.5, 0.6) is 5.75 Å². The standard InChI is InChI=1S/C17H21N3O4S/c1-19(2)25(22,23)20(3)14-11-9-13(10-12-14)17(21)18-15-7-5-6-8-16(15)24-4/h5-12H,1-4H3,(H,18,21). The largest absolute Gasteiger partial charge is 0.495 e. The molecular formula is C17H21N3O4S. The van der Waals surface area contributed by atoms with Gasteiger partial charge in [0.15, 0.2) is 0 Å². The molecule has 25 heavy (non-hydrogen) atoms. The summed E-state index contributed by atoms with van der Waals surface area (Å²) in [4.78, 5) is 12.4. The van der Waals surface area contributed by atoms with E-state index in [0.29, 0.717) is 22.7 Å². The van der Waals surface area contributed by atoms with Crippen LogP contribution in [0.4, 0.5) is 11.4 Å². The number of benzene rings is 2. The van der Waals surface area contributed by atoms with Crippen LogP contribution in [0.25, 0.3) is 0 Å². The molecule has 0 aliphatic rings. The van der Waals surface area contributed by atoms with Crippen molar-refractivity contribution < 1.29 is 17.9 Å². The molecule has 0 radical (unpaired) electrons. The van der Waals surface area contributed by atoms with E-state index in [1.54, 1.807) is 42.5 Å². The lowest BCUT2D eigenvalue weighted by molar-refractivity contribution is 0.102. The zero-order valence-corrected chi connectivity index (χ0v) is 15.4. The Labute approximate surface area is 148 Å². The Morgan fingerprint density at radius 3 is 2.16 bits per heavy atom. The molecule has 1 amide bonds. The number of carbonyl (C=O) groups is 1. The van der Waals surface area contributed by atoms with Gasteiger partial charge in [0.25, 0.3) is 5.91 Å². The molecule has 0 heterocycles. The number of rotatable bonds is 6. The molecule has 7 nitrogen and oxygen atoms in total. The Kier molecular flexibility index (Phi) is 5.66. The predicted octanol–water partition coefficient (Wildman–Crippen LogP) is 2.19. The molecule has 0 bridgehead atoms. The zero-order valence-electron chi connectivity index (χ0n) is 14.6. The van der Waals surface area contributed by atoms with Gasteiger partial charge in [0.05, 0.1) is 18.5 Å². The van der Waals surface area contributed by atoms with Crippen LogP contribution < -0.4 is 14.4 Å². The SMILES string of the molecule is COc1ccccc1NC(=O)c1ccc(N(C)S(=O)(=O)N(C)C)cc1. The normalized spacial score (nSPS) is 11.2. The summed E-state index contributed by atoms with van der Waals surface area (Å²) in [5, 5.41) is 2.77. The van der Waals surface area contributed by atoms with E-state index in [9.17, 15) is 13.2 Å². The minimum absolute atomic E-state index is 0.311. The highest BCUT2D eigenvalue weighted by molar-refractivity contribution is 7.90. The van der Waals surface area contributed by atoms with Crippen LogP contribution in [0, 0.1) is 0 Å². The van der Waals surface area contributed by atoms with E-state index in [1.807, 2.05) is 6.07 Å². The topological polar surface area (TPSA) is 79.0 Å². The van der Waals surface area contributed by atoms with Crippen LogP contribution in [0.1, 0.15) is 10.4 Å². The zero-order chi connectivity index (χ0) is 18.6. The molecule has 0 saturated heterocycles. The average Bonchev–Trinajstić information content (AvgIpc) is 2.61. The van der Waals surface area contributed by atoms with E-state index >= 15 is 0 Å². The third-order valence-electron chi connectivity index (χ3n) is 3.66. The van der Waals surface area contributed by atoms with Crippen molar-refractivity contribution in [1.29, 1.82) is 0 Å². The molecule has 2 aromatic rings. The van der Waals surface area contributed by atoms with Crippen molar-refractivity contribution in [3.63, 3.8) is 0 Å². The van der Waals surface area contributed by atoms with Gasteiger partial charge in [-0.2, -0.15) is 12.7 Å². The molecule has 0 atom stereocenters. The summed E-state index contributed by atoms with van der Waals surface area (Å²) in [5.74, 6) is 0.249. The van der Waals surface area contributed by atoms with E-state index < -0.39 is 10.2 Å². The lowest BCUT2D eigenvalue weighted by atomic mass is 10.2. The number of anilines is 2. The number of methoxy groups -OCH3 is 1. The maximum absolute atomic E-state index is 12.4. The van der Waals surface area contributed by atoms with E-state index in [1.165, 1.54) is 28.3 Å². The molecule has 0 aromatic heterocycles. The molecule has 0 fully saturated rings. The van der Waals surface area contributed by atoms with Gasteiger partial charge in [0.2, 0.25) is 0 Å². The van der Waals surface area contributed by atoms with Crippen molar-refractivity contribution in [2.45, 2.75) is 0 Å². The number of nitrogens with one attached hydrogen (secondary N) is 1. The van der Waals surface area contributed by atoms with Gasteiger partial charge in [-0.15, -0.1) is 0 Å². The monoisotopic (exact) mass is 363 g/mol. The highest BCUT2D eigenvalue weighted by Gasteiger charge is 2.21. The van der Waals surface area contributed by atoms with Crippen molar-refractivity contribution in [2.24, 2.45) is 0 Å². The fraction of sp³-hybridized carbons (Fsp3) is 0.235. The van der Waals surface area contributed by atoms with Gasteiger partial charge in [-0.25, -0.2) is 0 Å². The van der Waals surface area contributed by atoms with Crippen molar-refractivity contribution in [1.82, 2.24) is 4.31 Å². The number of hydrogen-bond donors (Lipinski definition) is 1. The second-order valence-electron chi connectivity index (χ2n) is 5.46. The van der Waals surface area contributed by atoms with Gasteiger partial charge >= 0.3 is 10.2 Å². The maximum atomic E-state index is 12.4. The molecule has 134 valence electrons. The summed E-state index contributed by atoms with van der Waals surface area (Å²) < 4.78 is 31.7. The lowest BCUT2D eigenvalue weighted by Gasteiger charge is -2.23. The number of nitrogens with zero attached hydrogens (tertiary/aromatic N) is 2. The summed E-state index contributed by atoms with van der Waals surface area (Å²) in [6.07, 6.45) is 0. The first-order valence-corrected chi connectivity index (χ1v) is 8.88. The van der Waals surface area contributed by atoms with Crippen LogP contribution >= 0.6 is 0 Å². The first-order valence-electron chi connectivity index (χ1n) is 7.48. The van der Waals surface area contributed by atoms with Crippen LogP contribution in [0.15, 0.2) is 48.5 Å². The Hall–Kier alpha value is -2.58. The van der Waals surface area contributed by atoms with Gasteiger partial charge in [-0.05, 0) is 36.4 Å². The van der Waals surface area contributed by atoms with Crippen LogP contribution in [0.2, 0.25) is 0 Å². The molecule has 2 rings (SSSR count). The molecule has 0 aliphatic heterocycles. The van der Waals surface area contributed by atoms with Gasteiger partial charge < -0.3 is 10.1 Å². The quantitative estimate of drug-likeness (QED) is 0.853. The Bertz CT molecular complexity index is 848. The fourth-order valence-corrected chi connectivity index (χ4v) is 3.02. The molecule has 1 N–H and O–H groups in total. The average molecular weight is 363 g/mol. The summed E-state index contributed by atoms with van der Waals surface area (Å²) in [7, 11) is 2.33. The number of para-hydroxylation sites is 2. The molecule has 8 heteroatoms. The molecular weight excluding hydrogens is 342 g/mol. The maximum Gasteiger partial charge on any atom is 0.303 e. The summed E-state index contributed by atoms with van der Waals surface area (Å²) >= 11 is 0. The van der Waals surface area contributed by atoms with E-state index in [0.717, 1.165) is 8.61 Å². The third-order valence-corrected chi connectivity index (χ3v) is 5.48. The third kappa shape index (κ3) is 4.09. The molecule has 2 aromatic carbocycles. The molecule has 0 saturated carbocycles. The highest BCUT2D eigenvalue weighted by atomic mass is 32.2. The van der Waals surface area contributed by atoms with Crippen LogP contribution in [-0.4, -0.2) is 46.9 Å². The van der Waals surface area contributed by atoms with E-state index in [-0.39, 0.29) is 5.91 Å². The summed E-state index contributed by atoms with van der Waals surface area (Å²) in [6.45, 7) is 0. The first-order chi connectivity index (χ1) is 11.8. The number of ether oxygens (including phenoxy) is 1. The second kappa shape index (κ2) is 7.54. The number of carbonyl (C=O) groups excluding carboxylic acids is 1. The Morgan fingerprint density at radius 2 is 1.60 bits per heavy atom. The molecule has 0 unspecified atom stereocenters. The predicted molar refractivity (Wildman–Crippen MR) is 98.4 cm³/mol. The molecule has 0 spiro atoms.